The van der Waals surface area contributed by atoms with Crippen LogP contribution in [0.1, 0.15) is 12.8 Å². The van der Waals surface area contributed by atoms with Crippen LogP contribution in [0.25, 0.3) is 0 Å². The number of benzene rings is 1. The summed E-state index contributed by atoms with van der Waals surface area (Å²) in [5.74, 6) is 0.545. The van der Waals surface area contributed by atoms with Crippen LogP contribution in [0.5, 0.6) is 0 Å². The predicted octanol–water partition coefficient (Wildman–Crippen LogP) is 2.53. The van der Waals surface area contributed by atoms with Crippen LogP contribution in [0.4, 0.5) is 5.69 Å². The first kappa shape index (κ1) is 17.3. The fourth-order valence-corrected chi connectivity index (χ4v) is 4.65. The first-order valence-electron chi connectivity index (χ1n) is 6.80. The smallest absolute Gasteiger partial charge is 0.301 e. The molecule has 0 amide bonds. The van der Waals surface area contributed by atoms with E-state index in [1.54, 1.807) is 12.1 Å². The van der Waals surface area contributed by atoms with Crippen molar-refractivity contribution in [2.24, 2.45) is 5.92 Å². The van der Waals surface area contributed by atoms with Crippen LogP contribution in [-0.2, 0) is 10.2 Å². The molecule has 118 valence electrons. The minimum Gasteiger partial charge on any atom is -0.319 e. The van der Waals surface area contributed by atoms with Crippen LogP contribution in [0.2, 0.25) is 5.02 Å². The molecule has 21 heavy (non-hydrogen) atoms. The Kier molecular flexibility index (Phi) is 6.13. The highest BCUT2D eigenvalue weighted by Crippen LogP contribution is 2.26. The molecule has 1 saturated heterocycles. The van der Waals surface area contributed by atoms with Crippen LogP contribution in [0.3, 0.4) is 0 Å². The third kappa shape index (κ3) is 4.69. The van der Waals surface area contributed by atoms with Crippen molar-refractivity contribution in [2.75, 3.05) is 31.4 Å². The summed E-state index contributed by atoms with van der Waals surface area (Å²) in [7, 11) is -1.61. The van der Waals surface area contributed by atoms with Gasteiger partial charge in [0, 0.05) is 16.7 Å². The van der Waals surface area contributed by atoms with Gasteiger partial charge in [-0.25, -0.2) is 0 Å². The summed E-state index contributed by atoms with van der Waals surface area (Å²) in [6, 6.07) is 5.25. The summed E-state index contributed by atoms with van der Waals surface area (Å²) < 4.78 is 29.8. The Hall–Kier alpha value is -0.0900. The quantitative estimate of drug-likeness (QED) is 0.688. The van der Waals surface area contributed by atoms with Crippen LogP contribution < -0.4 is 10.0 Å². The van der Waals surface area contributed by atoms with Gasteiger partial charge in [-0.3, -0.25) is 4.72 Å². The molecule has 1 aromatic carbocycles. The molecule has 1 fully saturated rings. The van der Waals surface area contributed by atoms with Gasteiger partial charge in [-0.15, -0.1) is 0 Å². The lowest BCUT2D eigenvalue weighted by Gasteiger charge is -2.31. The SMILES string of the molecule is CNCC1CCN(S(=O)(=O)Nc2ccc(I)cc2Cl)CC1. The number of hydrogen-bond donors (Lipinski definition) is 2. The normalized spacial score (nSPS) is 17.9. The van der Waals surface area contributed by atoms with E-state index in [1.807, 2.05) is 13.1 Å². The largest absolute Gasteiger partial charge is 0.319 e. The summed E-state index contributed by atoms with van der Waals surface area (Å²) in [6.07, 6.45) is 1.75. The third-order valence-corrected chi connectivity index (χ3v) is 6.08. The first-order chi connectivity index (χ1) is 9.92. The molecule has 0 aliphatic carbocycles. The number of anilines is 1. The summed E-state index contributed by atoms with van der Waals surface area (Å²) in [4.78, 5) is 0. The van der Waals surface area contributed by atoms with Crippen LogP contribution in [0.15, 0.2) is 18.2 Å². The third-order valence-electron chi connectivity index (χ3n) is 3.58. The van der Waals surface area contributed by atoms with E-state index in [1.165, 1.54) is 4.31 Å². The number of nitrogens with zero attached hydrogens (tertiary/aromatic N) is 1. The van der Waals surface area contributed by atoms with Gasteiger partial charge >= 0.3 is 10.2 Å². The van der Waals surface area contributed by atoms with Crippen molar-refractivity contribution in [3.05, 3.63) is 26.8 Å². The van der Waals surface area contributed by atoms with E-state index in [0.29, 0.717) is 29.7 Å². The van der Waals surface area contributed by atoms with Crippen molar-refractivity contribution in [1.29, 1.82) is 0 Å². The molecule has 1 heterocycles. The zero-order valence-electron chi connectivity index (χ0n) is 11.8. The minimum absolute atomic E-state index is 0.413. The van der Waals surface area contributed by atoms with Crippen molar-refractivity contribution >= 4 is 50.1 Å². The van der Waals surface area contributed by atoms with E-state index < -0.39 is 10.2 Å². The van der Waals surface area contributed by atoms with Gasteiger partial charge in [0.15, 0.2) is 0 Å². The fraction of sp³-hybridized carbons (Fsp3) is 0.538. The Morgan fingerprint density at radius 3 is 2.62 bits per heavy atom. The average Bonchev–Trinajstić information content (AvgIpc) is 2.43. The topological polar surface area (TPSA) is 61.4 Å². The zero-order chi connectivity index (χ0) is 15.5. The van der Waals surface area contributed by atoms with Gasteiger partial charge < -0.3 is 5.32 Å². The summed E-state index contributed by atoms with van der Waals surface area (Å²) in [5, 5.41) is 3.55. The van der Waals surface area contributed by atoms with Gasteiger partial charge in [-0.2, -0.15) is 12.7 Å². The first-order valence-corrected chi connectivity index (χ1v) is 9.69. The zero-order valence-corrected chi connectivity index (χ0v) is 15.5. The maximum atomic E-state index is 12.4. The van der Waals surface area contributed by atoms with E-state index >= 15 is 0 Å². The number of piperidine rings is 1. The Morgan fingerprint density at radius 2 is 2.05 bits per heavy atom. The molecule has 1 aliphatic heterocycles. The standard InChI is InChI=1S/C13H19ClIN3O2S/c1-16-9-10-4-6-18(7-5-10)21(19,20)17-13-3-2-11(15)8-12(13)14/h2-3,8,10,16-17H,4-7,9H2,1H3. The molecule has 0 unspecified atom stereocenters. The highest BCUT2D eigenvalue weighted by atomic mass is 127. The number of halogens is 2. The second-order valence-electron chi connectivity index (χ2n) is 5.13. The average molecular weight is 444 g/mol. The van der Waals surface area contributed by atoms with E-state index in [9.17, 15) is 8.42 Å². The molecular formula is C13H19ClIN3O2S. The summed E-state index contributed by atoms with van der Waals surface area (Å²) in [6.45, 7) is 2.03. The molecule has 2 N–H and O–H groups in total. The van der Waals surface area contributed by atoms with Crippen molar-refractivity contribution in [1.82, 2.24) is 9.62 Å². The molecule has 8 heteroatoms. The Bertz CT molecular complexity index is 589. The lowest BCUT2D eigenvalue weighted by Crippen LogP contribution is -2.43. The predicted molar refractivity (Wildman–Crippen MR) is 94.9 cm³/mol. The number of nitrogens with one attached hydrogen (secondary N) is 2. The maximum Gasteiger partial charge on any atom is 0.301 e. The van der Waals surface area contributed by atoms with Gasteiger partial charge in [0.1, 0.15) is 0 Å². The number of rotatable bonds is 5. The molecule has 0 saturated carbocycles. The van der Waals surface area contributed by atoms with Crippen molar-refractivity contribution in [3.8, 4) is 0 Å². The van der Waals surface area contributed by atoms with Crippen molar-refractivity contribution < 1.29 is 8.42 Å². The van der Waals surface area contributed by atoms with Gasteiger partial charge in [-0.05, 0) is 73.1 Å². The van der Waals surface area contributed by atoms with E-state index in [2.05, 4.69) is 32.6 Å². The fourth-order valence-electron chi connectivity index (χ4n) is 2.42. The lowest BCUT2D eigenvalue weighted by molar-refractivity contribution is 0.272. The van der Waals surface area contributed by atoms with Crippen molar-refractivity contribution in [3.63, 3.8) is 0 Å². The maximum absolute atomic E-state index is 12.4. The van der Waals surface area contributed by atoms with Gasteiger partial charge in [0.05, 0.1) is 10.7 Å². The highest BCUT2D eigenvalue weighted by molar-refractivity contribution is 14.1. The van der Waals surface area contributed by atoms with E-state index in [4.69, 9.17) is 11.6 Å². The molecule has 1 aliphatic rings. The number of hydrogen-bond acceptors (Lipinski definition) is 3. The lowest BCUT2D eigenvalue weighted by atomic mass is 9.98. The molecule has 2 rings (SSSR count). The van der Waals surface area contributed by atoms with E-state index in [0.717, 1.165) is 23.0 Å². The van der Waals surface area contributed by atoms with Gasteiger partial charge in [0.25, 0.3) is 0 Å². The van der Waals surface area contributed by atoms with E-state index in [-0.39, 0.29) is 0 Å². The minimum atomic E-state index is -3.53. The molecule has 0 radical (unpaired) electrons. The van der Waals surface area contributed by atoms with Crippen LogP contribution in [-0.4, -0.2) is 39.4 Å². The van der Waals surface area contributed by atoms with Crippen molar-refractivity contribution in [2.45, 2.75) is 12.8 Å². The van der Waals surface area contributed by atoms with Gasteiger partial charge in [-0.1, -0.05) is 11.6 Å². The highest BCUT2D eigenvalue weighted by Gasteiger charge is 2.28. The molecular weight excluding hydrogens is 425 g/mol. The molecule has 0 atom stereocenters. The summed E-state index contributed by atoms with van der Waals surface area (Å²) in [5.41, 5.74) is 0.425. The Morgan fingerprint density at radius 1 is 1.38 bits per heavy atom. The Balaban J connectivity index is 2.02. The Labute approximate surface area is 144 Å². The van der Waals surface area contributed by atoms with Crippen LogP contribution in [0, 0.1) is 9.49 Å². The molecule has 1 aromatic rings. The summed E-state index contributed by atoms with van der Waals surface area (Å²) >= 11 is 8.21. The van der Waals surface area contributed by atoms with Gasteiger partial charge in [0.2, 0.25) is 0 Å². The molecule has 0 aromatic heterocycles. The molecule has 5 nitrogen and oxygen atoms in total. The second-order valence-corrected chi connectivity index (χ2v) is 8.45. The van der Waals surface area contributed by atoms with Crippen LogP contribution >= 0.6 is 34.2 Å². The monoisotopic (exact) mass is 443 g/mol. The second kappa shape index (κ2) is 7.45. The molecule has 0 bridgehead atoms. The molecule has 0 spiro atoms.